The zero-order chi connectivity index (χ0) is 30.8. The third kappa shape index (κ3) is 22.2. The number of aliphatic carboxylic acids is 2. The summed E-state index contributed by atoms with van der Waals surface area (Å²) >= 11 is 0. The Balaban J connectivity index is 4.84. The molecular weight excluding hydrogens is 508 g/mol. The van der Waals surface area contributed by atoms with Gasteiger partial charge in [0.15, 0.2) is 0 Å². The van der Waals surface area contributed by atoms with Gasteiger partial charge in [-0.25, -0.2) is 0 Å². The van der Waals surface area contributed by atoms with Crippen molar-refractivity contribution >= 4 is 11.9 Å². The minimum atomic E-state index is -0.671. The molecule has 0 aliphatic rings. The van der Waals surface area contributed by atoms with Gasteiger partial charge in [0, 0.05) is 12.8 Å². The van der Waals surface area contributed by atoms with Gasteiger partial charge in [-0.15, -0.1) is 0 Å². The zero-order valence-corrected chi connectivity index (χ0v) is 28.3. The minimum absolute atomic E-state index is 0.242. The molecule has 0 saturated carbocycles. The first kappa shape index (κ1) is 39.9. The van der Waals surface area contributed by atoms with Crippen molar-refractivity contribution in [2.24, 2.45) is 23.2 Å². The van der Waals surface area contributed by atoms with Gasteiger partial charge in [0.1, 0.15) is 0 Å². The van der Waals surface area contributed by atoms with Gasteiger partial charge < -0.3 is 10.2 Å². The van der Waals surface area contributed by atoms with E-state index in [9.17, 15) is 14.7 Å². The minimum Gasteiger partial charge on any atom is -0.481 e. The number of unbranched alkanes of at least 4 members (excludes halogenated alkanes) is 13. The fourth-order valence-electron chi connectivity index (χ4n) is 7.20. The molecule has 0 amide bonds. The van der Waals surface area contributed by atoms with Crippen LogP contribution in [0.4, 0.5) is 0 Å². The van der Waals surface area contributed by atoms with E-state index >= 15 is 0 Å². The fourth-order valence-corrected chi connectivity index (χ4v) is 7.20. The first-order valence-electron chi connectivity index (χ1n) is 18.2. The number of carboxylic acids is 2. The summed E-state index contributed by atoms with van der Waals surface area (Å²) in [4.78, 5) is 22.2. The first-order chi connectivity index (χ1) is 19.7. The molecule has 4 nitrogen and oxygen atoms in total. The summed E-state index contributed by atoms with van der Waals surface area (Å²) in [6.45, 7) is 11.9. The normalized spacial score (nSPS) is 15.3. The maximum atomic E-state index is 11.7. The predicted molar refractivity (Wildman–Crippen MR) is 177 cm³/mol. The third-order valence-corrected chi connectivity index (χ3v) is 9.98. The van der Waals surface area contributed by atoms with Crippen LogP contribution in [-0.2, 0) is 9.59 Å². The van der Waals surface area contributed by atoms with E-state index in [0.717, 1.165) is 31.1 Å². The highest BCUT2D eigenvalue weighted by atomic mass is 16.4. The highest BCUT2D eigenvalue weighted by molar-refractivity contribution is 5.66. The standard InChI is InChI=1S/C37H72O4/c1-6-10-24-32(8-3)30-37(5,31-33(9-4)25-11-7-2)34(28-29-36(40)41)26-22-20-18-16-14-12-13-15-17-19-21-23-27-35(38)39/h32-34H,6-31H2,1-5H3,(H,38,39)(H,40,41). The fraction of sp³-hybridized carbons (Fsp3) is 0.946. The smallest absolute Gasteiger partial charge is 0.303 e. The van der Waals surface area contributed by atoms with Gasteiger partial charge in [-0.1, -0.05) is 157 Å². The Hall–Kier alpha value is -1.06. The Bertz CT molecular complexity index is 598. The average Bonchev–Trinajstić information content (AvgIpc) is 2.94. The Kier molecular flexibility index (Phi) is 25.9. The highest BCUT2D eigenvalue weighted by Gasteiger charge is 2.37. The molecule has 4 heteroatoms. The van der Waals surface area contributed by atoms with Gasteiger partial charge in [-0.05, 0) is 55.3 Å². The van der Waals surface area contributed by atoms with Crippen molar-refractivity contribution in [3.63, 3.8) is 0 Å². The van der Waals surface area contributed by atoms with Crippen molar-refractivity contribution in [2.45, 2.75) is 202 Å². The molecule has 3 atom stereocenters. The number of hydrogen-bond donors (Lipinski definition) is 2. The molecule has 0 radical (unpaired) electrons. The second kappa shape index (κ2) is 26.6. The molecule has 0 bridgehead atoms. The number of carbonyl (C=O) groups is 2. The maximum absolute atomic E-state index is 11.7. The summed E-state index contributed by atoms with van der Waals surface area (Å²) in [6, 6.07) is 0. The summed E-state index contributed by atoms with van der Waals surface area (Å²) in [6.07, 6.45) is 30.2. The first-order valence-corrected chi connectivity index (χ1v) is 18.2. The molecule has 0 aromatic carbocycles. The summed E-state index contributed by atoms with van der Waals surface area (Å²) in [5, 5.41) is 18.3. The third-order valence-electron chi connectivity index (χ3n) is 9.98. The van der Waals surface area contributed by atoms with Crippen LogP contribution in [0.15, 0.2) is 0 Å². The summed E-state index contributed by atoms with van der Waals surface area (Å²) in [7, 11) is 0. The van der Waals surface area contributed by atoms with Crippen LogP contribution in [0.5, 0.6) is 0 Å². The summed E-state index contributed by atoms with van der Waals surface area (Å²) in [5.74, 6) is 0.741. The molecule has 0 aromatic heterocycles. The molecule has 0 spiro atoms. The quantitative estimate of drug-likeness (QED) is 0.0800. The predicted octanol–water partition coefficient (Wildman–Crippen LogP) is 12.2. The lowest BCUT2D eigenvalue weighted by Gasteiger charge is -2.43. The van der Waals surface area contributed by atoms with Crippen molar-refractivity contribution in [3.8, 4) is 0 Å². The maximum Gasteiger partial charge on any atom is 0.303 e. The molecule has 3 unspecified atom stereocenters. The Labute approximate surface area is 256 Å². The Morgan fingerprint density at radius 2 is 0.902 bits per heavy atom. The molecule has 0 fully saturated rings. The largest absolute Gasteiger partial charge is 0.481 e. The monoisotopic (exact) mass is 581 g/mol. The van der Waals surface area contributed by atoms with E-state index < -0.39 is 11.9 Å². The van der Waals surface area contributed by atoms with Gasteiger partial charge in [0.25, 0.3) is 0 Å². The van der Waals surface area contributed by atoms with Crippen LogP contribution in [0.2, 0.25) is 0 Å². The van der Waals surface area contributed by atoms with Gasteiger partial charge in [-0.3, -0.25) is 9.59 Å². The van der Waals surface area contributed by atoms with Crippen molar-refractivity contribution in [3.05, 3.63) is 0 Å². The van der Waals surface area contributed by atoms with E-state index in [1.54, 1.807) is 0 Å². The van der Waals surface area contributed by atoms with Crippen molar-refractivity contribution < 1.29 is 19.8 Å². The Morgan fingerprint density at radius 3 is 1.27 bits per heavy atom. The van der Waals surface area contributed by atoms with E-state index in [0.29, 0.717) is 18.8 Å². The van der Waals surface area contributed by atoms with Crippen LogP contribution in [0.3, 0.4) is 0 Å². The van der Waals surface area contributed by atoms with Crippen molar-refractivity contribution in [1.82, 2.24) is 0 Å². The molecule has 2 N–H and O–H groups in total. The van der Waals surface area contributed by atoms with Crippen LogP contribution in [0, 0.1) is 23.2 Å². The van der Waals surface area contributed by atoms with E-state index in [-0.39, 0.29) is 5.41 Å². The second-order valence-corrected chi connectivity index (χ2v) is 13.7. The second-order valence-electron chi connectivity index (χ2n) is 13.7. The van der Waals surface area contributed by atoms with Crippen LogP contribution in [-0.4, -0.2) is 22.2 Å². The molecule has 0 saturated heterocycles. The molecular formula is C37H72O4. The molecule has 0 heterocycles. The Morgan fingerprint density at radius 1 is 0.512 bits per heavy atom. The summed E-state index contributed by atoms with van der Waals surface area (Å²) in [5.41, 5.74) is 0.242. The number of carboxylic acid groups (broad SMARTS) is 2. The highest BCUT2D eigenvalue weighted by Crippen LogP contribution is 2.47. The molecule has 0 aliphatic heterocycles. The van der Waals surface area contributed by atoms with Crippen molar-refractivity contribution in [1.29, 1.82) is 0 Å². The van der Waals surface area contributed by atoms with E-state index in [2.05, 4.69) is 34.6 Å². The van der Waals surface area contributed by atoms with E-state index in [4.69, 9.17) is 5.11 Å². The topological polar surface area (TPSA) is 74.6 Å². The van der Waals surface area contributed by atoms with Gasteiger partial charge in [-0.2, -0.15) is 0 Å². The lowest BCUT2D eigenvalue weighted by molar-refractivity contribution is -0.138. The van der Waals surface area contributed by atoms with Crippen LogP contribution in [0.1, 0.15) is 202 Å². The SMILES string of the molecule is CCCCC(CC)CC(C)(CC(CC)CCCC)C(CCCCCCCCCCCCCCC(=O)O)CCC(=O)O. The van der Waals surface area contributed by atoms with E-state index in [1.807, 2.05) is 0 Å². The van der Waals surface area contributed by atoms with Crippen molar-refractivity contribution in [2.75, 3.05) is 0 Å². The molecule has 41 heavy (non-hydrogen) atoms. The van der Waals surface area contributed by atoms with Gasteiger partial charge >= 0.3 is 11.9 Å². The van der Waals surface area contributed by atoms with Crippen LogP contribution in [0.25, 0.3) is 0 Å². The van der Waals surface area contributed by atoms with Crippen LogP contribution < -0.4 is 0 Å². The molecule has 0 rings (SSSR count). The van der Waals surface area contributed by atoms with Crippen LogP contribution >= 0.6 is 0 Å². The van der Waals surface area contributed by atoms with E-state index in [1.165, 1.54) is 135 Å². The lowest BCUT2D eigenvalue weighted by atomic mass is 9.62. The van der Waals surface area contributed by atoms with Gasteiger partial charge in [0.05, 0.1) is 0 Å². The molecule has 0 aliphatic carbocycles. The zero-order valence-electron chi connectivity index (χ0n) is 28.3. The number of hydrogen-bond acceptors (Lipinski definition) is 2. The molecule has 0 aromatic rings. The lowest BCUT2D eigenvalue weighted by Crippen LogP contribution is -2.33. The summed E-state index contributed by atoms with van der Waals surface area (Å²) < 4.78 is 0. The average molecular weight is 581 g/mol. The molecule has 244 valence electrons. The number of rotatable bonds is 31. The van der Waals surface area contributed by atoms with Gasteiger partial charge in [0.2, 0.25) is 0 Å².